The van der Waals surface area contributed by atoms with Crippen LogP contribution in [-0.4, -0.2) is 60.0 Å². The monoisotopic (exact) mass is 483 g/mol. The summed E-state index contributed by atoms with van der Waals surface area (Å²) in [5.41, 5.74) is 1.56. The zero-order chi connectivity index (χ0) is 24.9. The number of benzene rings is 1. The first-order valence-electron chi connectivity index (χ1n) is 11.7. The Morgan fingerprint density at radius 1 is 1.09 bits per heavy atom. The third-order valence-corrected chi connectivity index (χ3v) is 6.29. The van der Waals surface area contributed by atoms with E-state index in [1.807, 2.05) is 12.1 Å². The molecule has 0 spiro atoms. The van der Waals surface area contributed by atoms with Crippen LogP contribution in [0.25, 0.3) is 0 Å². The largest absolute Gasteiger partial charge is 0.493 e. The van der Waals surface area contributed by atoms with Gasteiger partial charge in [-0.3, -0.25) is 9.69 Å². The number of furan rings is 1. The molecule has 1 amide bonds. The highest BCUT2D eigenvalue weighted by Gasteiger charge is 2.28. The zero-order valence-corrected chi connectivity index (χ0v) is 20.9. The number of carbonyl (C=O) groups excluding carboxylic acids is 1. The van der Waals surface area contributed by atoms with Crippen LogP contribution in [0.3, 0.4) is 0 Å². The highest BCUT2D eigenvalue weighted by Crippen LogP contribution is 2.38. The van der Waals surface area contributed by atoms with Gasteiger partial charge >= 0.3 is 0 Å². The summed E-state index contributed by atoms with van der Waals surface area (Å²) in [4.78, 5) is 15.1. The van der Waals surface area contributed by atoms with Gasteiger partial charge in [0, 0.05) is 32.6 Å². The number of carbonyl (C=O) groups is 1. The number of nitrogens with zero attached hydrogens (tertiary/aromatic N) is 4. The highest BCUT2D eigenvalue weighted by atomic mass is 16.5. The van der Waals surface area contributed by atoms with Crippen LogP contribution in [0.4, 0.5) is 0 Å². The molecule has 0 aliphatic carbocycles. The van der Waals surface area contributed by atoms with Gasteiger partial charge < -0.3 is 28.5 Å². The number of aromatic nitrogens is 3. The van der Waals surface area contributed by atoms with Gasteiger partial charge in [-0.15, -0.1) is 10.2 Å². The van der Waals surface area contributed by atoms with Crippen LogP contribution in [0.1, 0.15) is 47.5 Å². The lowest BCUT2D eigenvalue weighted by molar-refractivity contribution is 0.0921. The summed E-state index contributed by atoms with van der Waals surface area (Å²) < 4.78 is 23.7. The van der Waals surface area contributed by atoms with E-state index >= 15 is 0 Å². The van der Waals surface area contributed by atoms with Crippen LogP contribution in [0, 0.1) is 5.92 Å². The molecule has 1 atom stereocenters. The van der Waals surface area contributed by atoms with Crippen molar-refractivity contribution in [1.29, 1.82) is 0 Å². The summed E-state index contributed by atoms with van der Waals surface area (Å²) in [5.74, 6) is 3.53. The van der Waals surface area contributed by atoms with Gasteiger partial charge in [0.15, 0.2) is 17.3 Å². The molecule has 1 aliphatic heterocycles. The van der Waals surface area contributed by atoms with Crippen LogP contribution in [0.5, 0.6) is 17.2 Å². The molecule has 1 aromatic carbocycles. The average Bonchev–Trinajstić information content (AvgIpc) is 3.49. The normalized spacial score (nSPS) is 14.8. The fourth-order valence-electron chi connectivity index (χ4n) is 4.41. The van der Waals surface area contributed by atoms with Crippen LogP contribution in [0.15, 0.2) is 35.1 Å². The van der Waals surface area contributed by atoms with E-state index in [-0.39, 0.29) is 17.9 Å². The van der Waals surface area contributed by atoms with Crippen molar-refractivity contribution in [3.05, 3.63) is 53.5 Å². The molecular formula is C25H33N5O5. The second-order valence-corrected chi connectivity index (χ2v) is 8.89. The van der Waals surface area contributed by atoms with Gasteiger partial charge in [-0.25, -0.2) is 0 Å². The van der Waals surface area contributed by atoms with Crippen LogP contribution < -0.4 is 19.5 Å². The standard InChI is InChI=1S/C25H33N5O5/c1-16(2)22(26-25(31)18-7-11-35-15-18)24-28-27-21-6-8-29(9-10-30(21)24)14-17-12-19(32-3)23(34-5)20(13-17)33-4/h7,11-13,15-16,22H,6,8-10,14H2,1-5H3,(H,26,31). The molecule has 1 N–H and O–H groups in total. The first-order valence-corrected chi connectivity index (χ1v) is 11.7. The maximum atomic E-state index is 12.7. The molecule has 2 aromatic heterocycles. The summed E-state index contributed by atoms with van der Waals surface area (Å²) >= 11 is 0. The Morgan fingerprint density at radius 3 is 2.43 bits per heavy atom. The van der Waals surface area contributed by atoms with E-state index in [9.17, 15) is 4.79 Å². The van der Waals surface area contributed by atoms with Crippen molar-refractivity contribution in [1.82, 2.24) is 25.0 Å². The number of fused-ring (bicyclic) bond motifs is 1. The number of rotatable bonds is 9. The minimum atomic E-state index is -0.264. The summed E-state index contributed by atoms with van der Waals surface area (Å²) in [6, 6.07) is 5.36. The third-order valence-electron chi connectivity index (χ3n) is 6.29. The number of amides is 1. The molecule has 3 heterocycles. The Kier molecular flexibility index (Phi) is 7.60. The predicted molar refractivity (Wildman–Crippen MR) is 129 cm³/mol. The molecule has 1 aliphatic rings. The Balaban J connectivity index is 1.49. The fraction of sp³-hybridized carbons (Fsp3) is 0.480. The molecule has 0 fully saturated rings. The number of ether oxygens (including phenoxy) is 3. The molecular weight excluding hydrogens is 450 g/mol. The quantitative estimate of drug-likeness (QED) is 0.495. The summed E-state index contributed by atoms with van der Waals surface area (Å²) in [5, 5.41) is 12.1. The smallest absolute Gasteiger partial charge is 0.255 e. The number of nitrogens with one attached hydrogen (secondary N) is 1. The molecule has 4 rings (SSSR count). The molecule has 3 aromatic rings. The van der Waals surface area contributed by atoms with Crippen molar-refractivity contribution in [2.75, 3.05) is 34.4 Å². The van der Waals surface area contributed by atoms with Gasteiger partial charge in [-0.05, 0) is 29.7 Å². The number of hydrogen-bond acceptors (Lipinski definition) is 8. The third kappa shape index (κ3) is 5.27. The Hall–Kier alpha value is -3.53. The molecule has 35 heavy (non-hydrogen) atoms. The lowest BCUT2D eigenvalue weighted by Gasteiger charge is -2.23. The molecule has 0 saturated carbocycles. The van der Waals surface area contributed by atoms with Crippen molar-refractivity contribution in [2.45, 2.75) is 39.4 Å². The summed E-state index contributed by atoms with van der Waals surface area (Å²) in [7, 11) is 4.85. The average molecular weight is 484 g/mol. The Morgan fingerprint density at radius 2 is 1.83 bits per heavy atom. The Labute approximate surface area is 205 Å². The topological polar surface area (TPSA) is 104 Å². The van der Waals surface area contributed by atoms with Crippen molar-refractivity contribution >= 4 is 5.91 Å². The van der Waals surface area contributed by atoms with E-state index in [2.05, 4.69) is 38.8 Å². The van der Waals surface area contributed by atoms with E-state index in [1.165, 1.54) is 12.5 Å². The summed E-state index contributed by atoms with van der Waals surface area (Å²) in [6.07, 6.45) is 3.70. The maximum absolute atomic E-state index is 12.7. The second kappa shape index (κ2) is 10.8. The fourth-order valence-corrected chi connectivity index (χ4v) is 4.41. The van der Waals surface area contributed by atoms with E-state index in [1.54, 1.807) is 27.4 Å². The zero-order valence-electron chi connectivity index (χ0n) is 20.9. The van der Waals surface area contributed by atoms with E-state index in [4.69, 9.17) is 18.6 Å². The van der Waals surface area contributed by atoms with Crippen LogP contribution in [-0.2, 0) is 19.5 Å². The van der Waals surface area contributed by atoms with Crippen LogP contribution in [0.2, 0.25) is 0 Å². The lowest BCUT2D eigenvalue weighted by Crippen LogP contribution is -2.34. The van der Waals surface area contributed by atoms with Gasteiger partial charge in [0.2, 0.25) is 5.75 Å². The SMILES string of the molecule is COc1cc(CN2CCc3nnc(C(NC(=O)c4ccoc4)C(C)C)n3CC2)cc(OC)c1OC. The number of methoxy groups -OCH3 is 3. The first-order chi connectivity index (χ1) is 16.9. The van der Waals surface area contributed by atoms with E-state index in [0.29, 0.717) is 22.8 Å². The maximum Gasteiger partial charge on any atom is 0.255 e. The molecule has 188 valence electrons. The van der Waals surface area contributed by atoms with Crippen molar-refractivity contribution in [3.8, 4) is 17.2 Å². The van der Waals surface area contributed by atoms with Crippen molar-refractivity contribution in [3.63, 3.8) is 0 Å². The number of hydrogen-bond donors (Lipinski definition) is 1. The van der Waals surface area contributed by atoms with Gasteiger partial charge in [0.25, 0.3) is 5.91 Å². The van der Waals surface area contributed by atoms with Crippen molar-refractivity contribution < 1.29 is 23.4 Å². The minimum Gasteiger partial charge on any atom is -0.493 e. The van der Waals surface area contributed by atoms with E-state index < -0.39 is 0 Å². The van der Waals surface area contributed by atoms with Gasteiger partial charge in [-0.2, -0.15) is 0 Å². The van der Waals surface area contributed by atoms with Crippen LogP contribution >= 0.6 is 0 Å². The van der Waals surface area contributed by atoms with Gasteiger partial charge in [0.1, 0.15) is 12.1 Å². The molecule has 1 unspecified atom stereocenters. The lowest BCUT2D eigenvalue weighted by atomic mass is 10.0. The second-order valence-electron chi connectivity index (χ2n) is 8.89. The van der Waals surface area contributed by atoms with Gasteiger partial charge in [-0.1, -0.05) is 13.8 Å². The van der Waals surface area contributed by atoms with E-state index in [0.717, 1.165) is 49.8 Å². The molecule has 0 bridgehead atoms. The first kappa shape index (κ1) is 24.6. The highest BCUT2D eigenvalue weighted by molar-refractivity contribution is 5.94. The Bertz CT molecular complexity index is 1120. The predicted octanol–water partition coefficient (Wildman–Crippen LogP) is 3.08. The van der Waals surface area contributed by atoms with Crippen molar-refractivity contribution in [2.24, 2.45) is 5.92 Å². The minimum absolute atomic E-state index is 0.137. The summed E-state index contributed by atoms with van der Waals surface area (Å²) in [6.45, 7) is 7.24. The van der Waals surface area contributed by atoms with Gasteiger partial charge in [0.05, 0.1) is 39.2 Å². The molecule has 0 radical (unpaired) electrons. The molecule has 10 heteroatoms. The molecule has 0 saturated heterocycles. The molecule has 10 nitrogen and oxygen atoms in total.